The fraction of sp³-hybridized carbons (Fsp3) is 0.750. The zero-order valence-electron chi connectivity index (χ0n) is 9.69. The largest absolute Gasteiger partial charge is 0.330 e. The second-order valence-corrected chi connectivity index (χ2v) is 4.92. The quantitative estimate of drug-likeness (QED) is 0.820. The fourth-order valence-corrected chi connectivity index (χ4v) is 2.26. The van der Waals surface area contributed by atoms with Crippen LogP contribution in [-0.4, -0.2) is 16.3 Å². The molecule has 0 amide bonds. The summed E-state index contributed by atoms with van der Waals surface area (Å²) in [6.07, 6.45) is 5.83. The minimum atomic E-state index is 0.463. The molecule has 0 spiro atoms. The Morgan fingerprint density at radius 2 is 2.20 bits per heavy atom. The molecular formula is C12H21N3. The lowest BCUT2D eigenvalue weighted by Crippen LogP contribution is -2.33. The van der Waals surface area contributed by atoms with Crippen LogP contribution >= 0.6 is 0 Å². The van der Waals surface area contributed by atoms with E-state index in [-0.39, 0.29) is 0 Å². The molecule has 1 aromatic heterocycles. The molecule has 2 rings (SSSR count). The van der Waals surface area contributed by atoms with E-state index in [4.69, 9.17) is 5.73 Å². The van der Waals surface area contributed by atoms with Gasteiger partial charge in [-0.05, 0) is 57.6 Å². The van der Waals surface area contributed by atoms with E-state index in [1.54, 1.807) is 0 Å². The third-order valence-electron chi connectivity index (χ3n) is 3.54. The predicted octanol–water partition coefficient (Wildman–Crippen LogP) is 1.99. The number of hydrogen-bond acceptors (Lipinski definition) is 2. The molecule has 0 aromatic carbocycles. The minimum absolute atomic E-state index is 0.463. The summed E-state index contributed by atoms with van der Waals surface area (Å²) in [5, 5.41) is 4.58. The van der Waals surface area contributed by atoms with Gasteiger partial charge in [0.1, 0.15) is 0 Å². The molecule has 1 aromatic rings. The van der Waals surface area contributed by atoms with Gasteiger partial charge in [0.05, 0.1) is 5.69 Å². The number of rotatable bonds is 4. The van der Waals surface area contributed by atoms with Crippen LogP contribution in [0.15, 0.2) is 12.3 Å². The Balaban J connectivity index is 1.93. The Morgan fingerprint density at radius 3 is 2.67 bits per heavy atom. The maximum absolute atomic E-state index is 5.71. The maximum atomic E-state index is 5.71. The summed E-state index contributed by atoms with van der Waals surface area (Å²) < 4.78 is 2.03. The second kappa shape index (κ2) is 4.35. The highest BCUT2D eigenvalue weighted by Crippen LogP contribution is 2.35. The molecule has 0 radical (unpaired) electrons. The number of aromatic nitrogens is 2. The van der Waals surface area contributed by atoms with E-state index in [9.17, 15) is 0 Å². The SMILES string of the molecule is CC(C)n1ccc(CC2CCC2CN)n1. The van der Waals surface area contributed by atoms with E-state index < -0.39 is 0 Å². The van der Waals surface area contributed by atoms with Crippen LogP contribution in [0.1, 0.15) is 38.4 Å². The van der Waals surface area contributed by atoms with Crippen molar-refractivity contribution < 1.29 is 0 Å². The molecule has 1 heterocycles. The van der Waals surface area contributed by atoms with Crippen LogP contribution < -0.4 is 5.73 Å². The first kappa shape index (κ1) is 10.7. The van der Waals surface area contributed by atoms with Crippen molar-refractivity contribution in [2.24, 2.45) is 17.6 Å². The van der Waals surface area contributed by atoms with E-state index in [0.29, 0.717) is 6.04 Å². The van der Waals surface area contributed by atoms with Gasteiger partial charge in [0.15, 0.2) is 0 Å². The van der Waals surface area contributed by atoms with Crippen molar-refractivity contribution in [1.29, 1.82) is 0 Å². The van der Waals surface area contributed by atoms with Crippen molar-refractivity contribution >= 4 is 0 Å². The van der Waals surface area contributed by atoms with Gasteiger partial charge >= 0.3 is 0 Å². The summed E-state index contributed by atoms with van der Waals surface area (Å²) in [6.45, 7) is 5.15. The fourth-order valence-electron chi connectivity index (χ4n) is 2.26. The van der Waals surface area contributed by atoms with Gasteiger partial charge in [-0.1, -0.05) is 0 Å². The van der Waals surface area contributed by atoms with Gasteiger partial charge in [-0.2, -0.15) is 5.10 Å². The first-order valence-electron chi connectivity index (χ1n) is 5.94. The maximum Gasteiger partial charge on any atom is 0.0627 e. The first-order valence-corrected chi connectivity index (χ1v) is 5.94. The smallest absolute Gasteiger partial charge is 0.0627 e. The van der Waals surface area contributed by atoms with Gasteiger partial charge < -0.3 is 5.73 Å². The molecule has 15 heavy (non-hydrogen) atoms. The van der Waals surface area contributed by atoms with Gasteiger partial charge in [0.25, 0.3) is 0 Å². The number of hydrogen-bond donors (Lipinski definition) is 1. The van der Waals surface area contributed by atoms with Crippen LogP contribution in [0.3, 0.4) is 0 Å². The molecule has 3 heteroatoms. The monoisotopic (exact) mass is 207 g/mol. The van der Waals surface area contributed by atoms with Gasteiger partial charge in [-0.3, -0.25) is 4.68 Å². The normalized spacial score (nSPS) is 25.6. The van der Waals surface area contributed by atoms with Crippen molar-refractivity contribution in [3.8, 4) is 0 Å². The van der Waals surface area contributed by atoms with E-state index in [0.717, 1.165) is 24.8 Å². The zero-order valence-corrected chi connectivity index (χ0v) is 9.69. The summed E-state index contributed by atoms with van der Waals surface area (Å²) >= 11 is 0. The van der Waals surface area contributed by atoms with Gasteiger partial charge in [0, 0.05) is 12.2 Å². The van der Waals surface area contributed by atoms with E-state index in [1.165, 1.54) is 18.5 Å². The molecule has 2 unspecified atom stereocenters. The van der Waals surface area contributed by atoms with Crippen molar-refractivity contribution in [1.82, 2.24) is 9.78 Å². The summed E-state index contributed by atoms with van der Waals surface area (Å²) in [7, 11) is 0. The Kier molecular flexibility index (Phi) is 3.10. The Bertz CT molecular complexity index is 314. The summed E-state index contributed by atoms with van der Waals surface area (Å²) in [4.78, 5) is 0. The molecule has 0 saturated heterocycles. The van der Waals surface area contributed by atoms with Crippen LogP contribution in [0.25, 0.3) is 0 Å². The lowest BCUT2D eigenvalue weighted by Gasteiger charge is -2.35. The molecule has 1 aliphatic carbocycles. The molecule has 3 nitrogen and oxygen atoms in total. The Morgan fingerprint density at radius 1 is 1.47 bits per heavy atom. The molecule has 2 atom stereocenters. The van der Waals surface area contributed by atoms with Gasteiger partial charge in [-0.15, -0.1) is 0 Å². The first-order chi connectivity index (χ1) is 7.20. The Labute approximate surface area is 91.7 Å². The summed E-state index contributed by atoms with van der Waals surface area (Å²) in [5.74, 6) is 1.53. The lowest BCUT2D eigenvalue weighted by molar-refractivity contribution is 0.181. The molecule has 1 fully saturated rings. The zero-order chi connectivity index (χ0) is 10.8. The van der Waals surface area contributed by atoms with Gasteiger partial charge in [0.2, 0.25) is 0 Å². The molecule has 1 aliphatic rings. The Hall–Kier alpha value is -0.830. The van der Waals surface area contributed by atoms with Crippen molar-refractivity contribution in [2.45, 2.75) is 39.2 Å². The average molecular weight is 207 g/mol. The molecule has 0 aliphatic heterocycles. The van der Waals surface area contributed by atoms with Crippen LogP contribution in [0.2, 0.25) is 0 Å². The second-order valence-electron chi connectivity index (χ2n) is 4.92. The van der Waals surface area contributed by atoms with E-state index in [1.807, 2.05) is 4.68 Å². The molecular weight excluding hydrogens is 186 g/mol. The van der Waals surface area contributed by atoms with Crippen molar-refractivity contribution in [2.75, 3.05) is 6.54 Å². The van der Waals surface area contributed by atoms with Crippen molar-refractivity contribution in [3.63, 3.8) is 0 Å². The summed E-state index contributed by atoms with van der Waals surface area (Å²) in [5.41, 5.74) is 6.93. The average Bonchev–Trinajstić information content (AvgIpc) is 2.61. The highest BCUT2D eigenvalue weighted by molar-refractivity contribution is 5.03. The molecule has 0 bridgehead atoms. The third kappa shape index (κ3) is 2.23. The van der Waals surface area contributed by atoms with Crippen LogP contribution in [-0.2, 0) is 6.42 Å². The minimum Gasteiger partial charge on any atom is -0.330 e. The third-order valence-corrected chi connectivity index (χ3v) is 3.54. The van der Waals surface area contributed by atoms with Crippen LogP contribution in [0, 0.1) is 11.8 Å². The highest BCUT2D eigenvalue weighted by Gasteiger charge is 2.29. The topological polar surface area (TPSA) is 43.8 Å². The van der Waals surface area contributed by atoms with Crippen molar-refractivity contribution in [3.05, 3.63) is 18.0 Å². The molecule has 2 N–H and O–H groups in total. The van der Waals surface area contributed by atoms with Crippen LogP contribution in [0.4, 0.5) is 0 Å². The summed E-state index contributed by atoms with van der Waals surface area (Å²) in [6, 6.07) is 2.61. The lowest BCUT2D eigenvalue weighted by atomic mass is 9.71. The molecule has 1 saturated carbocycles. The van der Waals surface area contributed by atoms with Crippen LogP contribution in [0.5, 0.6) is 0 Å². The standard InChI is InChI=1S/C12H21N3/c1-9(2)15-6-5-12(14-15)7-10-3-4-11(10)8-13/h5-6,9-11H,3-4,7-8,13H2,1-2H3. The predicted molar refractivity (Wildman–Crippen MR) is 61.6 cm³/mol. The molecule has 84 valence electrons. The number of nitrogens with zero attached hydrogens (tertiary/aromatic N) is 2. The highest BCUT2D eigenvalue weighted by atomic mass is 15.3. The van der Waals surface area contributed by atoms with E-state index >= 15 is 0 Å². The van der Waals surface area contributed by atoms with E-state index in [2.05, 4.69) is 31.2 Å². The van der Waals surface area contributed by atoms with Gasteiger partial charge in [-0.25, -0.2) is 0 Å². The number of nitrogens with two attached hydrogens (primary N) is 1.